The fourth-order valence-electron chi connectivity index (χ4n) is 2.80. The zero-order valence-corrected chi connectivity index (χ0v) is 17.8. The second-order valence-electron chi connectivity index (χ2n) is 6.33. The number of carbonyl (C=O) groups excluding carboxylic acids is 3. The van der Waals surface area contributed by atoms with Crippen LogP contribution in [0.2, 0.25) is 0 Å². The summed E-state index contributed by atoms with van der Waals surface area (Å²) >= 11 is 2.54. The van der Waals surface area contributed by atoms with Gasteiger partial charge in [0, 0.05) is 10.6 Å². The van der Waals surface area contributed by atoms with E-state index in [1.807, 2.05) is 42.6 Å². The van der Waals surface area contributed by atoms with Crippen LogP contribution in [0.1, 0.15) is 36.0 Å². The highest BCUT2D eigenvalue weighted by Crippen LogP contribution is 2.34. The normalized spacial score (nSPS) is 10.4. The lowest BCUT2D eigenvalue weighted by Gasteiger charge is -2.07. The number of amides is 2. The average Bonchev–Trinajstić information content (AvgIpc) is 3.30. The second kappa shape index (κ2) is 9.02. The first-order valence-electron chi connectivity index (χ1n) is 8.81. The van der Waals surface area contributed by atoms with Crippen molar-refractivity contribution in [3.8, 4) is 0 Å². The van der Waals surface area contributed by atoms with E-state index in [1.165, 1.54) is 18.4 Å². The molecule has 0 unspecified atom stereocenters. The van der Waals surface area contributed by atoms with Gasteiger partial charge in [-0.15, -0.1) is 22.7 Å². The third-order valence-electron chi connectivity index (χ3n) is 4.30. The molecule has 2 heterocycles. The fourth-order valence-corrected chi connectivity index (χ4v) is 4.61. The predicted molar refractivity (Wildman–Crippen MR) is 116 cm³/mol. The minimum atomic E-state index is -0.597. The summed E-state index contributed by atoms with van der Waals surface area (Å²) in [6.45, 7) is 3.57. The summed E-state index contributed by atoms with van der Waals surface area (Å²) in [5.74, 6) is -1.20. The fraction of sp³-hybridized carbons (Fsp3) is 0.190. The van der Waals surface area contributed by atoms with Gasteiger partial charge in [-0.1, -0.05) is 24.3 Å². The molecule has 0 saturated carbocycles. The van der Waals surface area contributed by atoms with E-state index in [9.17, 15) is 14.4 Å². The number of esters is 1. The minimum absolute atomic E-state index is 0.194. The first-order valence-corrected chi connectivity index (χ1v) is 10.5. The number of methoxy groups -OCH3 is 1. The Labute approximate surface area is 176 Å². The number of hydrogen-bond donors (Lipinski definition) is 2. The zero-order chi connectivity index (χ0) is 21.0. The highest BCUT2D eigenvalue weighted by molar-refractivity contribution is 7.19. The van der Waals surface area contributed by atoms with Crippen LogP contribution in [0.3, 0.4) is 0 Å². The van der Waals surface area contributed by atoms with Gasteiger partial charge in [0.2, 0.25) is 5.91 Å². The summed E-state index contributed by atoms with van der Waals surface area (Å²) in [6, 6.07) is 11.2. The molecule has 150 valence electrons. The summed E-state index contributed by atoms with van der Waals surface area (Å²) in [5, 5.41) is 7.83. The molecule has 3 rings (SSSR count). The van der Waals surface area contributed by atoms with Gasteiger partial charge in [-0.05, 0) is 42.5 Å². The number of thiophene rings is 2. The van der Waals surface area contributed by atoms with E-state index in [1.54, 1.807) is 13.0 Å². The summed E-state index contributed by atoms with van der Waals surface area (Å²) in [4.78, 5) is 38.8. The van der Waals surface area contributed by atoms with Crippen LogP contribution in [-0.4, -0.2) is 24.9 Å². The number of aryl methyl sites for hydroxylation is 1. The quantitative estimate of drug-likeness (QED) is 0.560. The first-order chi connectivity index (χ1) is 13.9. The summed E-state index contributed by atoms with van der Waals surface area (Å²) in [6.07, 6.45) is 0.194. The SMILES string of the molecule is COC(=O)c1c(NC(=O)Cc2cccs2)sc(C(=O)Nc2ccccc2C)c1C. The Morgan fingerprint density at radius 3 is 2.45 bits per heavy atom. The molecule has 0 saturated heterocycles. The van der Waals surface area contributed by atoms with Crippen molar-refractivity contribution in [3.05, 3.63) is 68.2 Å². The molecule has 0 fully saturated rings. The van der Waals surface area contributed by atoms with Gasteiger partial charge in [0.05, 0.1) is 24.0 Å². The number of para-hydroxylation sites is 1. The lowest BCUT2D eigenvalue weighted by molar-refractivity contribution is -0.115. The van der Waals surface area contributed by atoms with Crippen LogP contribution in [0.15, 0.2) is 41.8 Å². The number of carbonyl (C=O) groups is 3. The van der Waals surface area contributed by atoms with Crippen LogP contribution in [-0.2, 0) is 16.0 Å². The van der Waals surface area contributed by atoms with Gasteiger partial charge in [0.25, 0.3) is 5.91 Å². The standard InChI is InChI=1S/C21H20N2O4S2/c1-12-7-4-5-9-15(12)22-19(25)18-13(2)17(21(26)27-3)20(29-18)23-16(24)11-14-8-6-10-28-14/h4-10H,11H2,1-3H3,(H,22,25)(H,23,24). The molecule has 6 nitrogen and oxygen atoms in total. The number of benzene rings is 1. The first kappa shape index (κ1) is 20.8. The highest BCUT2D eigenvalue weighted by Gasteiger charge is 2.26. The Kier molecular flexibility index (Phi) is 6.46. The maximum atomic E-state index is 12.8. The maximum Gasteiger partial charge on any atom is 0.341 e. The molecule has 0 aliphatic rings. The molecule has 0 aliphatic carbocycles. The van der Waals surface area contributed by atoms with Crippen molar-refractivity contribution in [1.82, 2.24) is 0 Å². The summed E-state index contributed by atoms with van der Waals surface area (Å²) in [7, 11) is 1.27. The van der Waals surface area contributed by atoms with Crippen molar-refractivity contribution in [1.29, 1.82) is 0 Å². The van der Waals surface area contributed by atoms with E-state index < -0.39 is 5.97 Å². The van der Waals surface area contributed by atoms with Crippen molar-refractivity contribution in [2.24, 2.45) is 0 Å². The Morgan fingerprint density at radius 1 is 1.03 bits per heavy atom. The molecular weight excluding hydrogens is 408 g/mol. The van der Waals surface area contributed by atoms with Crippen molar-refractivity contribution in [2.45, 2.75) is 20.3 Å². The van der Waals surface area contributed by atoms with E-state index in [0.29, 0.717) is 21.1 Å². The van der Waals surface area contributed by atoms with E-state index in [-0.39, 0.29) is 23.8 Å². The molecule has 1 aromatic carbocycles. The lowest BCUT2D eigenvalue weighted by Crippen LogP contribution is -2.15. The smallest absolute Gasteiger partial charge is 0.341 e. The Morgan fingerprint density at radius 2 is 1.79 bits per heavy atom. The van der Waals surface area contributed by atoms with Gasteiger partial charge in [-0.25, -0.2) is 4.79 Å². The molecule has 0 atom stereocenters. The lowest BCUT2D eigenvalue weighted by atomic mass is 10.1. The molecule has 0 bridgehead atoms. The molecule has 29 heavy (non-hydrogen) atoms. The second-order valence-corrected chi connectivity index (χ2v) is 8.38. The van der Waals surface area contributed by atoms with Crippen LogP contribution in [0.4, 0.5) is 10.7 Å². The molecule has 0 spiro atoms. The van der Waals surface area contributed by atoms with Crippen molar-refractivity contribution in [3.63, 3.8) is 0 Å². The Balaban J connectivity index is 1.88. The van der Waals surface area contributed by atoms with Gasteiger partial charge >= 0.3 is 5.97 Å². The molecule has 0 aliphatic heterocycles. The molecular formula is C21H20N2O4S2. The maximum absolute atomic E-state index is 12.8. The third-order valence-corrected chi connectivity index (χ3v) is 6.39. The van der Waals surface area contributed by atoms with Gasteiger partial charge < -0.3 is 15.4 Å². The number of ether oxygens (including phenoxy) is 1. The topological polar surface area (TPSA) is 84.5 Å². The zero-order valence-electron chi connectivity index (χ0n) is 16.2. The molecule has 2 amide bonds. The van der Waals surface area contributed by atoms with Crippen LogP contribution in [0, 0.1) is 13.8 Å². The monoisotopic (exact) mass is 428 g/mol. The van der Waals surface area contributed by atoms with Crippen LogP contribution in [0.25, 0.3) is 0 Å². The van der Waals surface area contributed by atoms with Crippen molar-refractivity contribution in [2.75, 3.05) is 17.7 Å². The third kappa shape index (κ3) is 4.72. The molecule has 2 N–H and O–H groups in total. The van der Waals surface area contributed by atoms with Gasteiger partial charge in [0.15, 0.2) is 0 Å². The largest absolute Gasteiger partial charge is 0.465 e. The number of rotatable bonds is 6. The van der Waals surface area contributed by atoms with Crippen LogP contribution >= 0.6 is 22.7 Å². The summed E-state index contributed by atoms with van der Waals surface area (Å²) in [5.41, 5.74) is 2.28. The molecule has 0 radical (unpaired) electrons. The highest BCUT2D eigenvalue weighted by atomic mass is 32.1. The Hall–Kier alpha value is -2.97. The summed E-state index contributed by atoms with van der Waals surface area (Å²) < 4.78 is 4.86. The average molecular weight is 429 g/mol. The minimum Gasteiger partial charge on any atom is -0.465 e. The van der Waals surface area contributed by atoms with E-state index in [4.69, 9.17) is 4.74 Å². The van der Waals surface area contributed by atoms with E-state index in [2.05, 4.69) is 10.6 Å². The number of hydrogen-bond acceptors (Lipinski definition) is 6. The van der Waals surface area contributed by atoms with E-state index >= 15 is 0 Å². The van der Waals surface area contributed by atoms with Crippen molar-refractivity contribution < 1.29 is 19.1 Å². The van der Waals surface area contributed by atoms with Crippen LogP contribution in [0.5, 0.6) is 0 Å². The number of nitrogens with one attached hydrogen (secondary N) is 2. The van der Waals surface area contributed by atoms with Crippen molar-refractivity contribution >= 4 is 51.1 Å². The van der Waals surface area contributed by atoms with Crippen LogP contribution < -0.4 is 10.6 Å². The predicted octanol–water partition coefficient (Wildman–Crippen LogP) is 4.65. The molecule has 3 aromatic rings. The molecule has 2 aromatic heterocycles. The van der Waals surface area contributed by atoms with Gasteiger partial charge in [-0.3, -0.25) is 9.59 Å². The number of anilines is 2. The molecule has 8 heteroatoms. The van der Waals surface area contributed by atoms with Gasteiger partial charge in [-0.2, -0.15) is 0 Å². The Bertz CT molecular complexity index is 1050. The van der Waals surface area contributed by atoms with Gasteiger partial charge in [0.1, 0.15) is 5.00 Å². The van der Waals surface area contributed by atoms with E-state index in [0.717, 1.165) is 21.8 Å².